The number of aromatic nitrogens is 4. The van der Waals surface area contributed by atoms with Gasteiger partial charge in [0.15, 0.2) is 0 Å². The second-order valence-electron chi connectivity index (χ2n) is 7.99. The molecule has 9 nitrogen and oxygen atoms in total. The Morgan fingerprint density at radius 2 is 1.76 bits per heavy atom. The number of sulfonamides is 1. The van der Waals surface area contributed by atoms with Gasteiger partial charge in [-0.05, 0) is 49.6 Å². The number of aliphatic hydroxyl groups is 1. The molecular formula is C24H25N5O4S. The maximum atomic E-state index is 12.9. The average molecular weight is 480 g/mol. The number of hydrogen-bond acceptors (Lipinski definition) is 7. The van der Waals surface area contributed by atoms with Crippen molar-refractivity contribution in [1.82, 2.24) is 19.7 Å². The Morgan fingerprint density at radius 1 is 1.06 bits per heavy atom. The summed E-state index contributed by atoms with van der Waals surface area (Å²) in [6.07, 6.45) is 1.97. The number of hydrogen-bond donors (Lipinski definition) is 2. The summed E-state index contributed by atoms with van der Waals surface area (Å²) in [4.78, 5) is 8.76. The number of ether oxygens (including phenoxy) is 1. The van der Waals surface area contributed by atoms with Crippen LogP contribution in [-0.2, 0) is 17.1 Å². The van der Waals surface area contributed by atoms with Crippen LogP contribution >= 0.6 is 0 Å². The monoisotopic (exact) mass is 479 g/mol. The maximum absolute atomic E-state index is 12.9. The van der Waals surface area contributed by atoms with E-state index in [0.29, 0.717) is 17.0 Å². The van der Waals surface area contributed by atoms with Crippen molar-refractivity contribution in [3.63, 3.8) is 0 Å². The molecule has 2 N–H and O–H groups in total. The van der Waals surface area contributed by atoms with Crippen molar-refractivity contribution in [2.75, 3.05) is 4.72 Å². The first kappa shape index (κ1) is 23.4. The number of benzene rings is 2. The van der Waals surface area contributed by atoms with E-state index in [2.05, 4.69) is 19.8 Å². The lowest BCUT2D eigenvalue weighted by molar-refractivity contribution is 0.199. The van der Waals surface area contributed by atoms with Crippen LogP contribution in [0, 0.1) is 13.8 Å². The quantitative estimate of drug-likeness (QED) is 0.409. The lowest BCUT2D eigenvalue weighted by Gasteiger charge is -2.14. The van der Waals surface area contributed by atoms with E-state index in [1.807, 2.05) is 32.0 Å². The SMILES string of the molecule is Cc1cccc(C)c1-c1cc(Oc2cccc(C(C)O)c2)nc(NS(=O)(=O)c2cnn(C)c2)n1. The summed E-state index contributed by atoms with van der Waals surface area (Å²) in [5.41, 5.74) is 3.99. The summed E-state index contributed by atoms with van der Waals surface area (Å²) in [5, 5.41) is 13.8. The summed E-state index contributed by atoms with van der Waals surface area (Å²) in [5.74, 6) is 0.468. The van der Waals surface area contributed by atoms with Crippen LogP contribution in [0.1, 0.15) is 29.7 Å². The molecule has 0 aliphatic heterocycles. The number of nitrogens with zero attached hydrogens (tertiary/aromatic N) is 4. The zero-order chi connectivity index (χ0) is 24.5. The highest BCUT2D eigenvalue weighted by Gasteiger charge is 2.20. The summed E-state index contributed by atoms with van der Waals surface area (Å²) in [7, 11) is -2.34. The van der Waals surface area contributed by atoms with Gasteiger partial charge in [0.1, 0.15) is 10.6 Å². The van der Waals surface area contributed by atoms with Gasteiger partial charge in [0.2, 0.25) is 11.8 Å². The molecule has 0 saturated carbocycles. The largest absolute Gasteiger partial charge is 0.439 e. The normalized spacial score (nSPS) is 12.4. The van der Waals surface area contributed by atoms with E-state index in [1.165, 1.54) is 17.1 Å². The molecule has 0 aliphatic rings. The molecule has 2 aromatic carbocycles. The fourth-order valence-electron chi connectivity index (χ4n) is 3.54. The third kappa shape index (κ3) is 5.08. The third-order valence-electron chi connectivity index (χ3n) is 5.22. The molecule has 34 heavy (non-hydrogen) atoms. The van der Waals surface area contributed by atoms with Crippen molar-refractivity contribution in [1.29, 1.82) is 0 Å². The fraction of sp³-hybridized carbons (Fsp3) is 0.208. The summed E-state index contributed by atoms with van der Waals surface area (Å²) in [6.45, 7) is 5.57. The van der Waals surface area contributed by atoms with Gasteiger partial charge in [-0.15, -0.1) is 0 Å². The number of aryl methyl sites for hydroxylation is 3. The van der Waals surface area contributed by atoms with Crippen LogP contribution < -0.4 is 9.46 Å². The molecule has 0 fully saturated rings. The summed E-state index contributed by atoms with van der Waals surface area (Å²) < 4.78 is 35.5. The van der Waals surface area contributed by atoms with Crippen molar-refractivity contribution in [3.05, 3.63) is 77.6 Å². The molecule has 4 aromatic rings. The highest BCUT2D eigenvalue weighted by molar-refractivity contribution is 7.92. The molecule has 10 heteroatoms. The smallest absolute Gasteiger partial charge is 0.267 e. The third-order valence-corrected chi connectivity index (χ3v) is 6.50. The Hall–Kier alpha value is -3.76. The number of aliphatic hydroxyl groups excluding tert-OH is 1. The van der Waals surface area contributed by atoms with E-state index in [9.17, 15) is 13.5 Å². The average Bonchev–Trinajstić information content (AvgIpc) is 3.21. The zero-order valence-electron chi connectivity index (χ0n) is 19.2. The van der Waals surface area contributed by atoms with Crippen molar-refractivity contribution in [2.24, 2.45) is 7.05 Å². The van der Waals surface area contributed by atoms with Gasteiger partial charge < -0.3 is 9.84 Å². The van der Waals surface area contributed by atoms with E-state index in [1.54, 1.807) is 44.3 Å². The molecule has 4 rings (SSSR count). The molecule has 0 radical (unpaired) electrons. The van der Waals surface area contributed by atoms with Crippen LogP contribution in [0.3, 0.4) is 0 Å². The molecule has 2 aromatic heterocycles. The minimum absolute atomic E-state index is 0.0109. The van der Waals surface area contributed by atoms with Crippen LogP contribution in [0.4, 0.5) is 5.95 Å². The van der Waals surface area contributed by atoms with E-state index >= 15 is 0 Å². The second-order valence-corrected chi connectivity index (χ2v) is 9.67. The van der Waals surface area contributed by atoms with Crippen LogP contribution in [0.2, 0.25) is 0 Å². The molecule has 176 valence electrons. The van der Waals surface area contributed by atoms with Crippen LogP contribution in [0.5, 0.6) is 11.6 Å². The molecule has 1 unspecified atom stereocenters. The Bertz CT molecular complexity index is 1430. The minimum atomic E-state index is -3.97. The van der Waals surface area contributed by atoms with E-state index in [-0.39, 0.29) is 16.7 Å². The molecule has 1 atom stereocenters. The Kier molecular flexibility index (Phi) is 6.36. The number of rotatable bonds is 7. The van der Waals surface area contributed by atoms with Crippen LogP contribution in [0.25, 0.3) is 11.3 Å². The molecular weight excluding hydrogens is 454 g/mol. The lowest BCUT2D eigenvalue weighted by Crippen LogP contribution is -2.15. The van der Waals surface area contributed by atoms with Gasteiger partial charge in [0, 0.05) is 24.9 Å². The highest BCUT2D eigenvalue weighted by Crippen LogP contribution is 2.31. The fourth-order valence-corrected chi connectivity index (χ4v) is 4.47. The van der Waals surface area contributed by atoms with Crippen molar-refractivity contribution in [2.45, 2.75) is 31.8 Å². The van der Waals surface area contributed by atoms with Gasteiger partial charge in [0.05, 0.1) is 18.0 Å². The van der Waals surface area contributed by atoms with E-state index < -0.39 is 16.1 Å². The molecule has 0 amide bonds. The predicted octanol–water partition coefficient (Wildman–Crippen LogP) is 4.14. The second kappa shape index (κ2) is 9.24. The van der Waals surface area contributed by atoms with Crippen molar-refractivity contribution < 1.29 is 18.3 Å². The van der Waals surface area contributed by atoms with Crippen LogP contribution in [0.15, 0.2) is 65.8 Å². The first-order valence-electron chi connectivity index (χ1n) is 10.6. The van der Waals surface area contributed by atoms with E-state index in [0.717, 1.165) is 16.7 Å². The summed E-state index contributed by atoms with van der Waals surface area (Å²) >= 11 is 0. The number of anilines is 1. The first-order chi connectivity index (χ1) is 16.1. The molecule has 0 bridgehead atoms. The van der Waals surface area contributed by atoms with E-state index in [4.69, 9.17) is 4.74 Å². The standard InChI is InChI=1S/C24H25N5O4S/c1-15-7-5-8-16(2)23(15)21-12-22(33-19-10-6-9-18(11-19)17(3)30)27-24(26-21)28-34(31,32)20-13-25-29(4)14-20/h5-14,17,30H,1-4H3,(H,26,27,28). The van der Waals surface area contributed by atoms with Gasteiger partial charge in [-0.1, -0.05) is 30.3 Å². The molecule has 0 spiro atoms. The van der Waals surface area contributed by atoms with Crippen LogP contribution in [-0.4, -0.2) is 33.3 Å². The highest BCUT2D eigenvalue weighted by atomic mass is 32.2. The van der Waals surface area contributed by atoms with Crippen molar-refractivity contribution in [3.8, 4) is 22.9 Å². The van der Waals surface area contributed by atoms with Gasteiger partial charge >= 0.3 is 0 Å². The lowest BCUT2D eigenvalue weighted by atomic mass is 10.00. The predicted molar refractivity (Wildman–Crippen MR) is 128 cm³/mol. The molecule has 0 aliphatic carbocycles. The zero-order valence-corrected chi connectivity index (χ0v) is 20.0. The van der Waals surface area contributed by atoms with Crippen molar-refractivity contribution >= 4 is 16.0 Å². The van der Waals surface area contributed by atoms with Gasteiger partial charge in [0.25, 0.3) is 10.0 Å². The minimum Gasteiger partial charge on any atom is -0.439 e. The topological polar surface area (TPSA) is 119 Å². The Morgan fingerprint density at radius 3 is 2.41 bits per heavy atom. The van der Waals surface area contributed by atoms with Gasteiger partial charge in [-0.25, -0.2) is 18.1 Å². The van der Waals surface area contributed by atoms with Gasteiger partial charge in [-0.3, -0.25) is 4.68 Å². The van der Waals surface area contributed by atoms with Gasteiger partial charge in [-0.2, -0.15) is 10.1 Å². The Labute approximate surface area is 198 Å². The Balaban J connectivity index is 1.79. The maximum Gasteiger partial charge on any atom is 0.267 e. The number of nitrogens with one attached hydrogen (secondary N) is 1. The summed E-state index contributed by atoms with van der Waals surface area (Å²) in [6, 6.07) is 14.5. The first-order valence-corrected chi connectivity index (χ1v) is 12.0. The molecule has 0 saturated heterocycles. The molecule has 2 heterocycles.